The summed E-state index contributed by atoms with van der Waals surface area (Å²) < 4.78 is 31.4. The van der Waals surface area contributed by atoms with Crippen molar-refractivity contribution in [2.75, 3.05) is 0 Å². The van der Waals surface area contributed by atoms with Crippen molar-refractivity contribution in [3.05, 3.63) is 35.4 Å². The quantitative estimate of drug-likeness (QED) is 0.634. The van der Waals surface area contributed by atoms with Crippen molar-refractivity contribution >= 4 is 16.2 Å². The molecule has 2 rings (SSSR count). The molecule has 0 spiro atoms. The van der Waals surface area contributed by atoms with Gasteiger partial charge in [0.25, 0.3) is 10.1 Å². The average molecular weight is 242 g/mol. The van der Waals surface area contributed by atoms with Gasteiger partial charge < -0.3 is 10.2 Å². The summed E-state index contributed by atoms with van der Waals surface area (Å²) in [5.41, 5.74) is 0.186. The minimum atomic E-state index is -4.72. The molecule has 6 heteroatoms. The van der Waals surface area contributed by atoms with Crippen LogP contribution in [0.2, 0.25) is 0 Å². The van der Waals surface area contributed by atoms with E-state index in [1.165, 1.54) is 18.2 Å². The molecular formula is C10H10O5S. The average Bonchev–Trinajstić information content (AvgIpc) is 2.16. The summed E-state index contributed by atoms with van der Waals surface area (Å²) in [4.78, 5) is -2.47. The highest BCUT2D eigenvalue weighted by Gasteiger charge is 2.46. The first-order chi connectivity index (χ1) is 7.36. The van der Waals surface area contributed by atoms with Crippen LogP contribution in [-0.4, -0.2) is 23.2 Å². The van der Waals surface area contributed by atoms with Gasteiger partial charge in [-0.3, -0.25) is 4.55 Å². The maximum atomic E-state index is 11.2. The standard InChI is InChI=1S/C10H10O5S/c11-8-5-1-3-7-4-2-6-10(12,9(7)8)16(13,14)15/h1-5,11-12H,6H2,(H,13,14,15). The van der Waals surface area contributed by atoms with E-state index in [1.54, 1.807) is 12.1 Å². The first-order valence-electron chi connectivity index (χ1n) is 4.55. The number of benzene rings is 1. The summed E-state index contributed by atoms with van der Waals surface area (Å²) in [5.74, 6) is -0.359. The van der Waals surface area contributed by atoms with E-state index in [4.69, 9.17) is 4.55 Å². The van der Waals surface area contributed by atoms with Gasteiger partial charge in [-0.1, -0.05) is 24.3 Å². The van der Waals surface area contributed by atoms with Crippen molar-refractivity contribution in [2.24, 2.45) is 0 Å². The summed E-state index contributed by atoms with van der Waals surface area (Å²) in [6.45, 7) is 0. The lowest BCUT2D eigenvalue weighted by Crippen LogP contribution is -2.36. The van der Waals surface area contributed by atoms with E-state index in [1.807, 2.05) is 0 Å². The minimum absolute atomic E-state index is 0.181. The van der Waals surface area contributed by atoms with Gasteiger partial charge in [-0.25, -0.2) is 0 Å². The van der Waals surface area contributed by atoms with Crippen LogP contribution < -0.4 is 0 Å². The van der Waals surface area contributed by atoms with E-state index in [0.717, 1.165) is 0 Å². The lowest BCUT2D eigenvalue weighted by molar-refractivity contribution is 0.111. The van der Waals surface area contributed by atoms with Crippen molar-refractivity contribution in [1.82, 2.24) is 0 Å². The van der Waals surface area contributed by atoms with E-state index in [9.17, 15) is 18.6 Å². The Bertz CT molecular complexity index is 561. The normalized spacial score (nSPS) is 24.1. The highest BCUT2D eigenvalue weighted by atomic mass is 32.2. The minimum Gasteiger partial charge on any atom is -0.507 e. The molecule has 1 aliphatic rings. The lowest BCUT2D eigenvalue weighted by atomic mass is 9.93. The van der Waals surface area contributed by atoms with Crippen molar-refractivity contribution < 1.29 is 23.2 Å². The molecule has 0 amide bonds. The Morgan fingerprint density at radius 3 is 2.62 bits per heavy atom. The fraction of sp³-hybridized carbons (Fsp3) is 0.200. The van der Waals surface area contributed by atoms with Crippen LogP contribution in [-0.2, 0) is 15.1 Å². The number of aliphatic hydroxyl groups is 1. The van der Waals surface area contributed by atoms with Crippen molar-refractivity contribution in [3.8, 4) is 5.75 Å². The molecule has 1 aromatic carbocycles. The molecule has 1 aliphatic carbocycles. The molecule has 0 saturated carbocycles. The summed E-state index contributed by atoms with van der Waals surface area (Å²) in [6.07, 6.45) is 2.71. The second kappa shape index (κ2) is 3.31. The van der Waals surface area contributed by atoms with E-state index < -0.39 is 15.1 Å². The van der Waals surface area contributed by atoms with Crippen LogP contribution in [0.5, 0.6) is 5.75 Å². The maximum absolute atomic E-state index is 11.2. The Morgan fingerprint density at radius 2 is 2.00 bits per heavy atom. The first kappa shape index (κ1) is 11.1. The molecule has 3 N–H and O–H groups in total. The largest absolute Gasteiger partial charge is 0.507 e. The molecule has 5 nitrogen and oxygen atoms in total. The third-order valence-corrected chi connectivity index (χ3v) is 3.81. The fourth-order valence-electron chi connectivity index (χ4n) is 1.80. The smallest absolute Gasteiger partial charge is 0.300 e. The molecular weight excluding hydrogens is 232 g/mol. The molecule has 1 aromatic rings. The summed E-state index contributed by atoms with van der Waals surface area (Å²) >= 11 is 0. The van der Waals surface area contributed by atoms with Crippen molar-refractivity contribution in [1.29, 1.82) is 0 Å². The molecule has 0 fully saturated rings. The molecule has 0 radical (unpaired) electrons. The summed E-state index contributed by atoms with van der Waals surface area (Å²) in [5, 5.41) is 19.6. The molecule has 0 bridgehead atoms. The Morgan fingerprint density at radius 1 is 1.31 bits per heavy atom. The molecule has 86 valence electrons. The maximum Gasteiger partial charge on any atom is 0.300 e. The Hall–Kier alpha value is -1.37. The van der Waals surface area contributed by atoms with E-state index >= 15 is 0 Å². The predicted octanol–water partition coefficient (Wildman–Crippen LogP) is 0.842. The SMILES string of the molecule is O=S(=O)(O)C1(O)CC=Cc2cccc(O)c21. The van der Waals surface area contributed by atoms with Crippen LogP contribution in [0, 0.1) is 0 Å². The first-order valence-corrected chi connectivity index (χ1v) is 5.99. The monoisotopic (exact) mass is 242 g/mol. The van der Waals surface area contributed by atoms with Crippen molar-refractivity contribution in [2.45, 2.75) is 11.4 Å². The predicted molar refractivity (Wildman–Crippen MR) is 57.2 cm³/mol. The molecule has 0 aliphatic heterocycles. The van der Waals surface area contributed by atoms with Crippen molar-refractivity contribution in [3.63, 3.8) is 0 Å². The number of phenolic OH excluding ortho intramolecular Hbond substituents is 1. The zero-order chi connectivity index (χ0) is 12.0. The van der Waals surface area contributed by atoms with Gasteiger partial charge >= 0.3 is 0 Å². The van der Waals surface area contributed by atoms with E-state index in [-0.39, 0.29) is 17.7 Å². The molecule has 16 heavy (non-hydrogen) atoms. The second-order valence-electron chi connectivity index (χ2n) is 3.61. The zero-order valence-corrected chi connectivity index (χ0v) is 8.98. The number of aromatic hydroxyl groups is 1. The third-order valence-electron chi connectivity index (χ3n) is 2.58. The Balaban J connectivity index is 2.79. The summed E-state index contributed by atoms with van der Waals surface area (Å²) in [7, 11) is -4.72. The molecule has 1 unspecified atom stereocenters. The van der Waals surface area contributed by atoms with Crippen LogP contribution in [0.1, 0.15) is 17.5 Å². The highest BCUT2D eigenvalue weighted by molar-refractivity contribution is 7.86. The third kappa shape index (κ3) is 1.42. The van der Waals surface area contributed by atoms with E-state index in [2.05, 4.69) is 0 Å². The van der Waals surface area contributed by atoms with Crippen LogP contribution in [0.3, 0.4) is 0 Å². The van der Waals surface area contributed by atoms with Crippen LogP contribution >= 0.6 is 0 Å². The summed E-state index contributed by atoms with van der Waals surface area (Å²) in [6, 6.07) is 4.32. The van der Waals surface area contributed by atoms with Gasteiger partial charge in [-0.05, 0) is 11.6 Å². The van der Waals surface area contributed by atoms with Crippen LogP contribution in [0.25, 0.3) is 6.08 Å². The van der Waals surface area contributed by atoms with Gasteiger partial charge in [-0.2, -0.15) is 8.42 Å². The van der Waals surface area contributed by atoms with Crippen LogP contribution in [0.15, 0.2) is 24.3 Å². The van der Waals surface area contributed by atoms with Crippen LogP contribution in [0.4, 0.5) is 0 Å². The second-order valence-corrected chi connectivity index (χ2v) is 5.23. The lowest BCUT2D eigenvalue weighted by Gasteiger charge is -2.28. The topological polar surface area (TPSA) is 94.8 Å². The molecule has 0 saturated heterocycles. The molecule has 0 heterocycles. The van der Waals surface area contributed by atoms with Gasteiger partial charge in [0.15, 0.2) is 0 Å². The number of hydrogen-bond donors (Lipinski definition) is 3. The van der Waals surface area contributed by atoms with Gasteiger partial charge in [0.2, 0.25) is 4.93 Å². The van der Waals surface area contributed by atoms with E-state index in [0.29, 0.717) is 5.56 Å². The highest BCUT2D eigenvalue weighted by Crippen LogP contribution is 2.42. The fourth-order valence-corrected chi connectivity index (χ4v) is 2.59. The Labute approximate surface area is 92.4 Å². The van der Waals surface area contributed by atoms with Gasteiger partial charge in [0.1, 0.15) is 5.75 Å². The number of hydrogen-bond acceptors (Lipinski definition) is 4. The molecule has 0 aromatic heterocycles. The zero-order valence-electron chi connectivity index (χ0n) is 8.16. The number of phenols is 1. The Kier molecular flexibility index (Phi) is 2.30. The van der Waals surface area contributed by atoms with Gasteiger partial charge in [0, 0.05) is 6.42 Å². The number of fused-ring (bicyclic) bond motifs is 1. The number of rotatable bonds is 1. The molecule has 1 atom stereocenters. The van der Waals surface area contributed by atoms with Gasteiger partial charge in [0.05, 0.1) is 5.56 Å². The van der Waals surface area contributed by atoms with Gasteiger partial charge in [-0.15, -0.1) is 0 Å².